The van der Waals surface area contributed by atoms with Gasteiger partial charge in [-0.05, 0) is 27.2 Å². The normalized spacial score (nSPS) is 23.7. The van der Waals surface area contributed by atoms with Crippen LogP contribution < -0.4 is 5.73 Å². The van der Waals surface area contributed by atoms with E-state index in [1.807, 2.05) is 0 Å². The highest BCUT2D eigenvalue weighted by atomic mass is 32.1. The van der Waals surface area contributed by atoms with Gasteiger partial charge in [-0.25, -0.2) is 14.2 Å². The van der Waals surface area contributed by atoms with E-state index in [2.05, 4.69) is 4.98 Å². The number of amides is 1. The van der Waals surface area contributed by atoms with Crippen LogP contribution in [-0.4, -0.2) is 34.4 Å². The Morgan fingerprint density at radius 2 is 2.30 bits per heavy atom. The molecule has 2 atom stereocenters. The number of hydrogen-bond donors (Lipinski definition) is 1. The van der Waals surface area contributed by atoms with Crippen molar-refractivity contribution in [1.29, 1.82) is 0 Å². The van der Waals surface area contributed by atoms with Gasteiger partial charge in [0.15, 0.2) is 11.4 Å². The molecule has 0 aromatic carbocycles. The van der Waals surface area contributed by atoms with E-state index in [4.69, 9.17) is 10.5 Å². The van der Waals surface area contributed by atoms with Gasteiger partial charge in [0.05, 0.1) is 0 Å². The summed E-state index contributed by atoms with van der Waals surface area (Å²) < 4.78 is 19.4. The summed E-state index contributed by atoms with van der Waals surface area (Å²) in [7, 11) is 0. The molecule has 2 rings (SSSR count). The molecule has 0 radical (unpaired) electrons. The van der Waals surface area contributed by atoms with Crippen molar-refractivity contribution in [3.05, 3.63) is 11.1 Å². The van der Waals surface area contributed by atoms with Crippen molar-refractivity contribution < 1.29 is 13.9 Å². The van der Waals surface area contributed by atoms with Crippen molar-refractivity contribution >= 4 is 22.6 Å². The average Bonchev–Trinajstić information content (AvgIpc) is 2.73. The molecular formula is C13H20FN3O2S. The van der Waals surface area contributed by atoms with Crippen molar-refractivity contribution in [2.75, 3.05) is 12.3 Å². The van der Waals surface area contributed by atoms with Crippen LogP contribution >= 0.6 is 11.3 Å². The highest BCUT2D eigenvalue weighted by Crippen LogP contribution is 2.36. The first-order chi connectivity index (χ1) is 9.26. The van der Waals surface area contributed by atoms with E-state index in [9.17, 15) is 9.18 Å². The number of anilines is 1. The summed E-state index contributed by atoms with van der Waals surface area (Å²) in [4.78, 5) is 18.0. The number of carbonyl (C=O) groups excluding carboxylic acids is 1. The fourth-order valence-corrected chi connectivity index (χ4v) is 3.02. The minimum absolute atomic E-state index is 0.0680. The van der Waals surface area contributed by atoms with E-state index in [0.29, 0.717) is 18.1 Å². The van der Waals surface area contributed by atoms with E-state index in [0.717, 1.165) is 9.78 Å². The highest BCUT2D eigenvalue weighted by molar-refractivity contribution is 7.15. The molecule has 0 spiro atoms. The van der Waals surface area contributed by atoms with Gasteiger partial charge in [-0.1, -0.05) is 0 Å². The second kappa shape index (κ2) is 5.55. The third-order valence-corrected chi connectivity index (χ3v) is 4.10. The summed E-state index contributed by atoms with van der Waals surface area (Å²) >= 11 is 1.38. The van der Waals surface area contributed by atoms with Crippen LogP contribution in [0.3, 0.4) is 0 Å². The number of hydrogen-bond acceptors (Lipinski definition) is 5. The number of carbonyl (C=O) groups is 1. The van der Waals surface area contributed by atoms with Gasteiger partial charge < -0.3 is 10.5 Å². The van der Waals surface area contributed by atoms with E-state index in [1.165, 1.54) is 11.3 Å². The van der Waals surface area contributed by atoms with Crippen molar-refractivity contribution in [2.24, 2.45) is 0 Å². The first kappa shape index (κ1) is 15.0. The summed E-state index contributed by atoms with van der Waals surface area (Å²) in [6, 6.07) is 0. The molecule has 0 aliphatic carbocycles. The molecule has 0 unspecified atom stereocenters. The molecule has 1 amide bonds. The van der Waals surface area contributed by atoms with Crippen molar-refractivity contribution in [3.63, 3.8) is 0 Å². The van der Waals surface area contributed by atoms with Crippen LogP contribution in [0, 0.1) is 0 Å². The maximum Gasteiger partial charge on any atom is 0.412 e. The third-order valence-electron chi connectivity index (χ3n) is 3.11. The van der Waals surface area contributed by atoms with Crippen LogP contribution in [0.5, 0.6) is 0 Å². The molecule has 1 aromatic heterocycles. The van der Waals surface area contributed by atoms with Crippen LogP contribution in [0.2, 0.25) is 0 Å². The van der Waals surface area contributed by atoms with E-state index in [-0.39, 0.29) is 12.3 Å². The maximum absolute atomic E-state index is 14.2. The lowest BCUT2D eigenvalue weighted by Gasteiger charge is -2.35. The van der Waals surface area contributed by atoms with Crippen molar-refractivity contribution in [3.8, 4) is 0 Å². The van der Waals surface area contributed by atoms with Gasteiger partial charge in [-0.2, -0.15) is 0 Å². The zero-order chi connectivity index (χ0) is 14.9. The third kappa shape index (κ3) is 3.59. The molecule has 7 heteroatoms. The fourth-order valence-electron chi connectivity index (χ4n) is 2.19. The van der Waals surface area contributed by atoms with Crippen LogP contribution in [0.15, 0.2) is 6.20 Å². The van der Waals surface area contributed by atoms with Crippen molar-refractivity contribution in [2.45, 2.75) is 51.4 Å². The average molecular weight is 301 g/mol. The fraction of sp³-hybridized carbons (Fsp3) is 0.692. The molecule has 0 saturated carbocycles. The number of ether oxygens (including phenoxy) is 1. The second-order valence-corrected chi connectivity index (χ2v) is 7.02. The quantitative estimate of drug-likeness (QED) is 0.809. The summed E-state index contributed by atoms with van der Waals surface area (Å²) in [5.74, 6) is 0.0680. The van der Waals surface area contributed by atoms with Gasteiger partial charge in [0, 0.05) is 30.0 Å². The molecule has 0 bridgehead atoms. The number of rotatable bonds is 1. The minimum atomic E-state index is -1.33. The molecule has 1 saturated heterocycles. The number of halogens is 1. The highest BCUT2D eigenvalue weighted by Gasteiger charge is 2.35. The van der Waals surface area contributed by atoms with Gasteiger partial charge >= 0.3 is 6.09 Å². The number of piperidine rings is 1. The lowest BCUT2D eigenvalue weighted by molar-refractivity contribution is -0.0168. The Labute approximate surface area is 121 Å². The molecule has 112 valence electrons. The van der Waals surface area contributed by atoms with Crippen molar-refractivity contribution in [1.82, 2.24) is 9.88 Å². The monoisotopic (exact) mass is 301 g/mol. The standard InChI is InChI=1S/C13H20FN3O2S/c1-13(2,3)19-12(18)17-5-4-8(6-10(17)14)9-7-16-11(15)20-9/h7-8,10H,4-6H2,1-3H3,(H2,15,16)/t8-,10+/m0/s1. The first-order valence-electron chi connectivity index (χ1n) is 6.61. The lowest BCUT2D eigenvalue weighted by Crippen LogP contribution is -2.45. The van der Waals surface area contributed by atoms with Crippen LogP contribution in [0.25, 0.3) is 0 Å². The predicted octanol–water partition coefficient (Wildman–Crippen LogP) is 3.14. The molecule has 1 fully saturated rings. The molecule has 20 heavy (non-hydrogen) atoms. The summed E-state index contributed by atoms with van der Waals surface area (Å²) in [6.07, 6.45) is 0.738. The zero-order valence-corrected chi connectivity index (χ0v) is 12.7. The molecule has 5 nitrogen and oxygen atoms in total. The molecule has 1 aliphatic rings. The number of likely N-dealkylation sites (tertiary alicyclic amines) is 1. The predicted molar refractivity (Wildman–Crippen MR) is 76.3 cm³/mol. The SMILES string of the molecule is CC(C)(C)OC(=O)N1CC[C@H](c2cnc(N)s2)C[C@@H]1F. The smallest absolute Gasteiger partial charge is 0.412 e. The van der Waals surface area contributed by atoms with Crippen LogP contribution in [-0.2, 0) is 4.74 Å². The van der Waals surface area contributed by atoms with Gasteiger partial charge in [-0.3, -0.25) is 4.90 Å². The Morgan fingerprint density at radius 1 is 1.60 bits per heavy atom. The van der Waals surface area contributed by atoms with Gasteiger partial charge in [0.25, 0.3) is 0 Å². The molecular weight excluding hydrogens is 281 g/mol. The van der Waals surface area contributed by atoms with Gasteiger partial charge in [0.1, 0.15) is 5.60 Å². The van der Waals surface area contributed by atoms with E-state index < -0.39 is 18.0 Å². The zero-order valence-electron chi connectivity index (χ0n) is 11.9. The number of thiazole rings is 1. The first-order valence-corrected chi connectivity index (χ1v) is 7.43. The summed E-state index contributed by atoms with van der Waals surface area (Å²) in [5.41, 5.74) is 4.98. The number of nitrogens with zero attached hydrogens (tertiary/aromatic N) is 2. The van der Waals surface area contributed by atoms with E-state index in [1.54, 1.807) is 27.0 Å². The number of alkyl halides is 1. The topological polar surface area (TPSA) is 68.5 Å². The Bertz CT molecular complexity index is 486. The molecule has 2 N–H and O–H groups in total. The lowest BCUT2D eigenvalue weighted by atomic mass is 9.95. The minimum Gasteiger partial charge on any atom is -0.444 e. The summed E-state index contributed by atoms with van der Waals surface area (Å²) in [5, 5.41) is 0.491. The Kier molecular flexibility index (Phi) is 4.17. The van der Waals surface area contributed by atoms with Gasteiger partial charge in [0.2, 0.25) is 0 Å². The Morgan fingerprint density at radius 3 is 2.80 bits per heavy atom. The van der Waals surface area contributed by atoms with E-state index >= 15 is 0 Å². The summed E-state index contributed by atoms with van der Waals surface area (Å²) in [6.45, 7) is 5.65. The molecule has 1 aliphatic heterocycles. The number of aromatic nitrogens is 1. The Balaban J connectivity index is 1.97. The maximum atomic E-state index is 14.2. The largest absolute Gasteiger partial charge is 0.444 e. The van der Waals surface area contributed by atoms with Crippen LogP contribution in [0.4, 0.5) is 14.3 Å². The van der Waals surface area contributed by atoms with Gasteiger partial charge in [-0.15, -0.1) is 11.3 Å². The van der Waals surface area contributed by atoms with Crippen LogP contribution in [0.1, 0.15) is 44.4 Å². The molecule has 2 heterocycles. The number of nitrogen functional groups attached to an aromatic ring is 1. The Hall–Kier alpha value is -1.37. The number of nitrogens with two attached hydrogens (primary N) is 1. The second-order valence-electron chi connectivity index (χ2n) is 5.93. The molecule has 1 aromatic rings.